The maximum absolute atomic E-state index is 9.89. The van der Waals surface area contributed by atoms with Crippen LogP contribution in [0, 0.1) is 0 Å². The molecule has 1 aromatic carbocycles. The van der Waals surface area contributed by atoms with Crippen LogP contribution in [0.25, 0.3) is 0 Å². The molecule has 3 rings (SSSR count). The number of nitrogens with one attached hydrogen (secondary N) is 1. The molecule has 0 aromatic heterocycles. The zero-order chi connectivity index (χ0) is 15.6. The van der Waals surface area contributed by atoms with Crippen LogP contribution < -0.4 is 31.2 Å². The second kappa shape index (κ2) is 6.37. The molecule has 1 unspecified atom stereocenters. The van der Waals surface area contributed by atoms with E-state index in [2.05, 4.69) is 10.3 Å². The van der Waals surface area contributed by atoms with Crippen molar-refractivity contribution in [3.63, 3.8) is 0 Å². The molecule has 2 aliphatic rings. The maximum atomic E-state index is 9.89. The molecule has 2 aliphatic heterocycles. The van der Waals surface area contributed by atoms with E-state index in [0.717, 1.165) is 6.54 Å². The fourth-order valence-electron chi connectivity index (χ4n) is 2.10. The molecule has 8 heteroatoms. The van der Waals surface area contributed by atoms with Gasteiger partial charge in [-0.1, -0.05) is 24.8 Å². The second-order valence-electron chi connectivity index (χ2n) is 4.36. The highest BCUT2D eigenvalue weighted by Crippen LogP contribution is 2.36. The third-order valence-electron chi connectivity index (χ3n) is 3.15. The van der Waals surface area contributed by atoms with Crippen molar-refractivity contribution < 1.29 is 14.6 Å². The van der Waals surface area contributed by atoms with Gasteiger partial charge in [0.15, 0.2) is 17.6 Å². The Balaban J connectivity index is 0.000000774. The average molecular weight is 280 g/mol. The molecule has 0 saturated carbocycles. The zero-order valence-electron chi connectivity index (χ0n) is 12.1. The third kappa shape index (κ3) is 2.71. The van der Waals surface area contributed by atoms with Gasteiger partial charge in [-0.05, 0) is 0 Å². The van der Waals surface area contributed by atoms with E-state index in [0.29, 0.717) is 12.4 Å². The smallest absolute Gasteiger partial charge is 0.202 e. The number of hydrogen-bond acceptors (Lipinski definition) is 5. The molecule has 0 bridgehead atoms. The van der Waals surface area contributed by atoms with Crippen LogP contribution in [-0.4, -0.2) is 60.3 Å². The molecule has 1 aromatic rings. The first kappa shape index (κ1) is 15.7. The Hall–Kier alpha value is -1.72. The Bertz CT molecular complexity index is 579. The van der Waals surface area contributed by atoms with E-state index >= 15 is 0 Å². The van der Waals surface area contributed by atoms with Gasteiger partial charge < -0.3 is 19.9 Å². The summed E-state index contributed by atoms with van der Waals surface area (Å²) >= 11 is 0. The fraction of sp³-hybridized carbons (Fsp3) is 0.462. The zero-order valence-corrected chi connectivity index (χ0v) is 12.1. The van der Waals surface area contributed by atoms with Crippen molar-refractivity contribution in [1.29, 1.82) is 0 Å². The van der Waals surface area contributed by atoms with E-state index < -0.39 is 0 Å². The molecule has 0 spiro atoms. The van der Waals surface area contributed by atoms with Gasteiger partial charge in [0.05, 0.1) is 6.54 Å². The Kier molecular flexibility index (Phi) is 4.75. The number of rotatable bonds is 1. The van der Waals surface area contributed by atoms with Gasteiger partial charge in [0.2, 0.25) is 5.75 Å². The molecule has 104 valence electrons. The van der Waals surface area contributed by atoms with E-state index in [9.17, 15) is 5.11 Å². The lowest BCUT2D eigenvalue weighted by Crippen LogP contribution is -2.47. The van der Waals surface area contributed by atoms with Crippen molar-refractivity contribution >= 4 is 45.8 Å². The summed E-state index contributed by atoms with van der Waals surface area (Å²) in [5, 5.41) is 13.0. The van der Waals surface area contributed by atoms with Crippen LogP contribution in [0.5, 0.6) is 17.2 Å². The topological polar surface area (TPSA) is 63.1 Å². The monoisotopic (exact) mass is 280 g/mol. The maximum Gasteiger partial charge on any atom is 0.202 e. The van der Waals surface area contributed by atoms with E-state index in [4.69, 9.17) is 33.0 Å². The van der Waals surface area contributed by atoms with Crippen molar-refractivity contribution in [2.24, 2.45) is 4.99 Å². The standard InChI is InChI=1S/C11H9B3N2O3.C2H6/c12-5-6(13)8(17)10-9(7(5)14)19-4(3-18-10)11-15-1-2-16-11;1-2/h4,17H,1-3H2,(H,15,16);1-2H3. The Morgan fingerprint density at radius 3 is 2.48 bits per heavy atom. The molecule has 21 heavy (non-hydrogen) atoms. The lowest BCUT2D eigenvalue weighted by molar-refractivity contribution is 0.131. The van der Waals surface area contributed by atoms with Gasteiger partial charge in [-0.3, -0.25) is 4.99 Å². The van der Waals surface area contributed by atoms with Gasteiger partial charge in [-0.15, -0.1) is 5.46 Å². The summed E-state index contributed by atoms with van der Waals surface area (Å²) < 4.78 is 11.2. The lowest BCUT2D eigenvalue weighted by Gasteiger charge is -2.30. The number of phenols is 1. The number of aromatic hydroxyl groups is 1. The summed E-state index contributed by atoms with van der Waals surface area (Å²) in [6, 6.07) is 0. The van der Waals surface area contributed by atoms with Gasteiger partial charge in [0, 0.05) is 6.54 Å². The Morgan fingerprint density at radius 2 is 1.86 bits per heavy atom. The Labute approximate surface area is 128 Å². The van der Waals surface area contributed by atoms with Crippen molar-refractivity contribution in [1.82, 2.24) is 5.32 Å². The van der Waals surface area contributed by atoms with Crippen LogP contribution in [-0.2, 0) is 0 Å². The Morgan fingerprint density at radius 1 is 1.14 bits per heavy atom. The molecule has 0 aliphatic carbocycles. The highest BCUT2D eigenvalue weighted by molar-refractivity contribution is 6.59. The van der Waals surface area contributed by atoms with Crippen LogP contribution in [0.4, 0.5) is 0 Å². The second-order valence-corrected chi connectivity index (χ2v) is 4.36. The molecule has 0 fully saturated rings. The van der Waals surface area contributed by atoms with E-state index in [1.54, 1.807) is 0 Å². The van der Waals surface area contributed by atoms with Crippen molar-refractivity contribution in [3.8, 4) is 17.2 Å². The number of nitrogens with zero attached hydrogens (tertiary/aromatic N) is 1. The summed E-state index contributed by atoms with van der Waals surface area (Å²) in [6.45, 7) is 5.69. The largest absolute Gasteiger partial charge is 0.505 e. The van der Waals surface area contributed by atoms with E-state index in [-0.39, 0.29) is 46.3 Å². The minimum absolute atomic E-state index is 0.00497. The minimum atomic E-state index is -0.389. The summed E-state index contributed by atoms with van der Waals surface area (Å²) in [6.07, 6.45) is -0.389. The van der Waals surface area contributed by atoms with Gasteiger partial charge >= 0.3 is 0 Å². The molecular formula is C13H15B3N2O3. The van der Waals surface area contributed by atoms with Gasteiger partial charge in [-0.2, -0.15) is 0 Å². The van der Waals surface area contributed by atoms with E-state index in [1.165, 1.54) is 0 Å². The predicted molar refractivity (Wildman–Crippen MR) is 85.8 cm³/mol. The van der Waals surface area contributed by atoms with Crippen molar-refractivity contribution in [2.75, 3.05) is 19.7 Å². The van der Waals surface area contributed by atoms with Crippen LogP contribution >= 0.6 is 0 Å². The molecule has 1 atom stereocenters. The molecule has 6 radical (unpaired) electrons. The molecular weight excluding hydrogens is 265 g/mol. The summed E-state index contributed by atoms with van der Waals surface area (Å²) in [5.41, 5.74) is 0.241. The number of ether oxygens (including phenoxy) is 2. The highest BCUT2D eigenvalue weighted by Gasteiger charge is 2.31. The van der Waals surface area contributed by atoms with Crippen LogP contribution in [0.1, 0.15) is 13.8 Å². The quantitative estimate of drug-likeness (QED) is 0.581. The van der Waals surface area contributed by atoms with Gasteiger partial charge in [-0.25, -0.2) is 0 Å². The first-order valence-electron chi connectivity index (χ1n) is 6.86. The third-order valence-corrected chi connectivity index (χ3v) is 3.15. The molecule has 2 N–H and O–H groups in total. The first-order valence-corrected chi connectivity index (χ1v) is 6.86. The van der Waals surface area contributed by atoms with Gasteiger partial charge in [0.1, 0.15) is 36.0 Å². The predicted octanol–water partition coefficient (Wildman–Crippen LogP) is -2.06. The highest BCUT2D eigenvalue weighted by atomic mass is 16.6. The lowest BCUT2D eigenvalue weighted by atomic mass is 9.71. The molecule has 0 saturated heterocycles. The van der Waals surface area contributed by atoms with Crippen molar-refractivity contribution in [2.45, 2.75) is 20.0 Å². The number of hydrogen-bond donors (Lipinski definition) is 2. The summed E-state index contributed by atoms with van der Waals surface area (Å²) in [7, 11) is 17.2. The number of benzene rings is 1. The van der Waals surface area contributed by atoms with E-state index in [1.807, 2.05) is 13.8 Å². The SMILES string of the molecule is CC.[B]c1c([B])c(O)c2c(c1[B])OC(C1=NCCN1)CO2. The number of aliphatic imine (C=N–C) groups is 1. The van der Waals surface area contributed by atoms with Crippen LogP contribution in [0.3, 0.4) is 0 Å². The van der Waals surface area contributed by atoms with Crippen molar-refractivity contribution in [3.05, 3.63) is 0 Å². The first-order chi connectivity index (χ1) is 10.1. The summed E-state index contributed by atoms with van der Waals surface area (Å²) in [4.78, 5) is 4.27. The van der Waals surface area contributed by atoms with Gasteiger partial charge in [0.25, 0.3) is 0 Å². The fourth-order valence-corrected chi connectivity index (χ4v) is 2.10. The van der Waals surface area contributed by atoms with Crippen LogP contribution in [0.15, 0.2) is 4.99 Å². The van der Waals surface area contributed by atoms with Crippen LogP contribution in [0.2, 0.25) is 0 Å². The minimum Gasteiger partial charge on any atom is -0.505 e. The molecule has 5 nitrogen and oxygen atoms in total. The summed E-state index contributed by atoms with van der Waals surface area (Å²) in [5.74, 6) is 0.789. The normalized spacial score (nSPS) is 19.1. The number of amidine groups is 1. The number of phenolic OH excluding ortho intramolecular Hbond substituents is 1. The number of fused-ring (bicyclic) bond motifs is 1. The average Bonchev–Trinajstić information content (AvgIpc) is 3.06. The molecule has 0 amide bonds. The molecule has 2 heterocycles.